The van der Waals surface area contributed by atoms with E-state index in [1.807, 2.05) is 59.3 Å². The number of amides is 4. The second kappa shape index (κ2) is 10.3. The van der Waals surface area contributed by atoms with Crippen LogP contribution in [-0.4, -0.2) is 47.1 Å². The first-order chi connectivity index (χ1) is 17.6. The molecule has 2 heterocycles. The molecule has 1 aliphatic heterocycles. The minimum absolute atomic E-state index is 0.0200. The van der Waals surface area contributed by atoms with Gasteiger partial charge in [-0.05, 0) is 37.1 Å². The quantitative estimate of drug-likeness (QED) is 0.391. The topological polar surface area (TPSA) is 89.9 Å². The Labute approximate surface area is 209 Å². The largest absolute Gasteiger partial charge is 0.493 e. The van der Waals surface area contributed by atoms with Crippen LogP contribution in [0.15, 0.2) is 60.3 Å². The highest BCUT2D eigenvalue weighted by molar-refractivity contribution is 6.31. The molecule has 1 aliphatic carbocycles. The van der Waals surface area contributed by atoms with Crippen LogP contribution in [0.25, 0.3) is 17.0 Å². The lowest BCUT2D eigenvalue weighted by Gasteiger charge is -2.35. The van der Waals surface area contributed by atoms with Gasteiger partial charge in [0.15, 0.2) is 11.5 Å². The molecule has 8 nitrogen and oxygen atoms in total. The molecule has 0 unspecified atom stereocenters. The van der Waals surface area contributed by atoms with Gasteiger partial charge in [-0.2, -0.15) is 0 Å². The van der Waals surface area contributed by atoms with Crippen LogP contribution in [0.1, 0.15) is 37.7 Å². The summed E-state index contributed by atoms with van der Waals surface area (Å²) in [5.41, 5.74) is 1.67. The molecular formula is C28H29N3O5. The molecule has 36 heavy (non-hydrogen) atoms. The normalized spacial score (nSPS) is 18.1. The molecule has 1 saturated carbocycles. The Morgan fingerprint density at radius 1 is 0.972 bits per heavy atom. The number of hydrogen-bond donors (Lipinski definition) is 1. The number of ether oxygens (including phenoxy) is 2. The first-order valence-corrected chi connectivity index (χ1v) is 12.3. The van der Waals surface area contributed by atoms with Gasteiger partial charge in [0, 0.05) is 28.7 Å². The Morgan fingerprint density at radius 2 is 1.69 bits per heavy atom. The number of barbiturate groups is 1. The number of hydrogen-bond acceptors (Lipinski definition) is 5. The standard InChI is InChI=1S/C28H29N3O5/c1-35-24-13-7-8-14-25(24)36-16-15-30-18-19(21-11-5-6-12-23(21)30)17-22-26(32)29-28(34)31(27(22)33)20-9-3-2-4-10-20/h5-8,11-14,17-18,20H,2-4,9-10,15-16H2,1H3,(H,29,32,34)/b22-17-. The molecule has 4 amide bonds. The van der Waals surface area contributed by atoms with Crippen molar-refractivity contribution in [1.82, 2.24) is 14.8 Å². The van der Waals surface area contributed by atoms with E-state index in [-0.39, 0.29) is 11.6 Å². The zero-order chi connectivity index (χ0) is 25.1. The van der Waals surface area contributed by atoms with Crippen LogP contribution in [0.3, 0.4) is 0 Å². The first kappa shape index (κ1) is 23.7. The number of aromatic nitrogens is 1. The maximum Gasteiger partial charge on any atom is 0.331 e. The second-order valence-corrected chi connectivity index (χ2v) is 9.08. The van der Waals surface area contributed by atoms with Crippen molar-refractivity contribution in [2.45, 2.75) is 44.7 Å². The molecule has 2 aromatic carbocycles. The van der Waals surface area contributed by atoms with Crippen LogP contribution >= 0.6 is 0 Å². The summed E-state index contributed by atoms with van der Waals surface area (Å²) in [4.78, 5) is 39.8. The third-order valence-electron chi connectivity index (χ3n) is 6.85. The van der Waals surface area contributed by atoms with Crippen molar-refractivity contribution in [2.75, 3.05) is 13.7 Å². The molecule has 1 saturated heterocycles. The van der Waals surface area contributed by atoms with Gasteiger partial charge >= 0.3 is 6.03 Å². The molecule has 3 aromatic rings. The highest BCUT2D eigenvalue weighted by Crippen LogP contribution is 2.29. The molecule has 0 radical (unpaired) electrons. The molecule has 0 bridgehead atoms. The summed E-state index contributed by atoms with van der Waals surface area (Å²) in [7, 11) is 1.60. The van der Waals surface area contributed by atoms with Crippen LogP contribution < -0.4 is 14.8 Å². The van der Waals surface area contributed by atoms with Crippen molar-refractivity contribution in [1.29, 1.82) is 0 Å². The number of carbonyl (C=O) groups is 3. The van der Waals surface area contributed by atoms with E-state index in [4.69, 9.17) is 9.47 Å². The molecule has 0 atom stereocenters. The van der Waals surface area contributed by atoms with Crippen molar-refractivity contribution in [2.24, 2.45) is 0 Å². The van der Waals surface area contributed by atoms with E-state index in [1.54, 1.807) is 13.2 Å². The highest BCUT2D eigenvalue weighted by atomic mass is 16.5. The molecule has 8 heteroatoms. The van der Waals surface area contributed by atoms with E-state index >= 15 is 0 Å². The first-order valence-electron chi connectivity index (χ1n) is 12.3. The Hall–Kier alpha value is -4.07. The zero-order valence-electron chi connectivity index (χ0n) is 20.2. The van der Waals surface area contributed by atoms with Crippen molar-refractivity contribution in [3.8, 4) is 11.5 Å². The molecule has 0 spiro atoms. The minimum Gasteiger partial charge on any atom is -0.493 e. The number of carbonyl (C=O) groups excluding carboxylic acids is 3. The van der Waals surface area contributed by atoms with Gasteiger partial charge in [0.1, 0.15) is 12.2 Å². The highest BCUT2D eigenvalue weighted by Gasteiger charge is 2.40. The van der Waals surface area contributed by atoms with Gasteiger partial charge in [-0.1, -0.05) is 49.6 Å². The summed E-state index contributed by atoms with van der Waals surface area (Å²) in [6, 6.07) is 14.5. The van der Waals surface area contributed by atoms with Gasteiger partial charge in [0.2, 0.25) is 0 Å². The molecule has 5 rings (SSSR count). The number of benzene rings is 2. The van der Waals surface area contributed by atoms with Gasteiger partial charge in [-0.15, -0.1) is 0 Å². The average Bonchev–Trinajstić information content (AvgIpc) is 3.24. The molecule has 2 aliphatic rings. The summed E-state index contributed by atoms with van der Waals surface area (Å²) < 4.78 is 13.3. The number of methoxy groups -OCH3 is 1. The third kappa shape index (κ3) is 4.58. The summed E-state index contributed by atoms with van der Waals surface area (Å²) in [6.07, 6.45) is 8.09. The SMILES string of the molecule is COc1ccccc1OCCn1cc(/C=C2/C(=O)NC(=O)N(C3CCCCC3)C2=O)c2ccccc21. The van der Waals surface area contributed by atoms with Crippen LogP contribution in [0.2, 0.25) is 0 Å². The molecule has 1 N–H and O–H groups in total. The van der Waals surface area contributed by atoms with E-state index < -0.39 is 17.8 Å². The third-order valence-corrected chi connectivity index (χ3v) is 6.85. The molecule has 2 fully saturated rings. The Morgan fingerprint density at radius 3 is 2.47 bits per heavy atom. The fraction of sp³-hybridized carbons (Fsp3) is 0.321. The number of rotatable bonds is 7. The lowest BCUT2D eigenvalue weighted by atomic mass is 9.93. The Bertz CT molecular complexity index is 1340. The molecular weight excluding hydrogens is 458 g/mol. The smallest absolute Gasteiger partial charge is 0.331 e. The van der Waals surface area contributed by atoms with Crippen molar-refractivity contribution < 1.29 is 23.9 Å². The minimum atomic E-state index is -0.659. The lowest BCUT2D eigenvalue weighted by molar-refractivity contribution is -0.132. The monoisotopic (exact) mass is 487 g/mol. The van der Waals surface area contributed by atoms with Crippen molar-refractivity contribution in [3.63, 3.8) is 0 Å². The lowest BCUT2D eigenvalue weighted by Crippen LogP contribution is -2.58. The summed E-state index contributed by atoms with van der Waals surface area (Å²) >= 11 is 0. The fourth-order valence-corrected chi connectivity index (χ4v) is 5.06. The van der Waals surface area contributed by atoms with Gasteiger partial charge in [-0.25, -0.2) is 4.79 Å². The van der Waals surface area contributed by atoms with E-state index in [0.29, 0.717) is 24.7 Å². The van der Waals surface area contributed by atoms with Crippen molar-refractivity contribution in [3.05, 3.63) is 65.9 Å². The van der Waals surface area contributed by atoms with Crippen molar-refractivity contribution >= 4 is 34.8 Å². The molecule has 186 valence electrons. The summed E-state index contributed by atoms with van der Waals surface area (Å²) in [5, 5.41) is 3.27. The Balaban J connectivity index is 1.41. The van der Waals surface area contributed by atoms with Crippen LogP contribution in [0.4, 0.5) is 4.79 Å². The van der Waals surface area contributed by atoms with E-state index in [1.165, 1.54) is 4.90 Å². The van der Waals surface area contributed by atoms with Gasteiger partial charge < -0.3 is 14.0 Å². The van der Waals surface area contributed by atoms with Crippen LogP contribution in [0.5, 0.6) is 11.5 Å². The average molecular weight is 488 g/mol. The number of fused-ring (bicyclic) bond motifs is 1. The number of imide groups is 2. The van der Waals surface area contributed by atoms with E-state index in [0.717, 1.165) is 48.6 Å². The maximum atomic E-state index is 13.3. The van der Waals surface area contributed by atoms with Gasteiger partial charge in [0.25, 0.3) is 11.8 Å². The van der Waals surface area contributed by atoms with Crippen LogP contribution in [0, 0.1) is 0 Å². The predicted octanol–water partition coefficient (Wildman–Crippen LogP) is 4.52. The van der Waals surface area contributed by atoms with E-state index in [2.05, 4.69) is 5.32 Å². The Kier molecular flexibility index (Phi) is 6.75. The van der Waals surface area contributed by atoms with E-state index in [9.17, 15) is 14.4 Å². The number of urea groups is 1. The fourth-order valence-electron chi connectivity index (χ4n) is 5.06. The number of nitrogens with one attached hydrogen (secondary N) is 1. The summed E-state index contributed by atoms with van der Waals surface area (Å²) in [6.45, 7) is 0.951. The number of nitrogens with zero attached hydrogens (tertiary/aromatic N) is 2. The zero-order valence-corrected chi connectivity index (χ0v) is 20.2. The second-order valence-electron chi connectivity index (χ2n) is 9.08. The number of para-hydroxylation sites is 3. The van der Waals surface area contributed by atoms with Crippen LogP contribution in [-0.2, 0) is 16.1 Å². The molecule has 1 aromatic heterocycles. The van der Waals surface area contributed by atoms with Gasteiger partial charge in [-0.3, -0.25) is 19.8 Å². The maximum absolute atomic E-state index is 13.3. The summed E-state index contributed by atoms with van der Waals surface area (Å²) in [5.74, 6) is 0.148. The predicted molar refractivity (Wildman–Crippen MR) is 136 cm³/mol. The van der Waals surface area contributed by atoms with Gasteiger partial charge in [0.05, 0.1) is 13.7 Å².